The minimum atomic E-state index is -3.51. The summed E-state index contributed by atoms with van der Waals surface area (Å²) in [6.45, 7) is 1.83. The van der Waals surface area contributed by atoms with E-state index in [1.54, 1.807) is 29.7 Å². The minimum Gasteiger partial charge on any atom is -0.497 e. The van der Waals surface area contributed by atoms with Gasteiger partial charge in [-0.05, 0) is 55.2 Å². The second kappa shape index (κ2) is 6.83. The van der Waals surface area contributed by atoms with Crippen molar-refractivity contribution in [1.82, 2.24) is 19.6 Å². The van der Waals surface area contributed by atoms with Crippen LogP contribution in [-0.4, -0.2) is 49.4 Å². The van der Waals surface area contributed by atoms with E-state index in [0.717, 1.165) is 37.1 Å². The zero-order chi connectivity index (χ0) is 20.1. The van der Waals surface area contributed by atoms with E-state index >= 15 is 0 Å². The van der Waals surface area contributed by atoms with Crippen LogP contribution in [0.25, 0.3) is 10.9 Å². The third-order valence-electron chi connectivity index (χ3n) is 6.28. The molecule has 8 heteroatoms. The first-order valence-corrected chi connectivity index (χ1v) is 11.3. The first-order chi connectivity index (χ1) is 14.0. The Morgan fingerprint density at radius 3 is 2.76 bits per heavy atom. The lowest BCUT2D eigenvalue weighted by molar-refractivity contribution is 0.180. The monoisotopic (exact) mass is 412 g/mol. The molecule has 1 saturated heterocycles. The Balaban J connectivity index is 1.46. The number of nitrogens with zero attached hydrogens (tertiary/aromatic N) is 2. The molecule has 152 valence electrons. The molecule has 7 nitrogen and oxygen atoms in total. The largest absolute Gasteiger partial charge is 0.497 e. The van der Waals surface area contributed by atoms with Crippen LogP contribution in [0.1, 0.15) is 24.1 Å². The molecule has 1 spiro atoms. The number of benzene rings is 1. The summed E-state index contributed by atoms with van der Waals surface area (Å²) in [4.78, 5) is 7.84. The van der Waals surface area contributed by atoms with Gasteiger partial charge in [-0.2, -0.15) is 4.31 Å². The summed E-state index contributed by atoms with van der Waals surface area (Å²) < 4.78 is 32.9. The van der Waals surface area contributed by atoms with E-state index in [4.69, 9.17) is 4.74 Å². The van der Waals surface area contributed by atoms with Crippen molar-refractivity contribution >= 4 is 20.9 Å². The summed E-state index contributed by atoms with van der Waals surface area (Å²) in [5.74, 6) is 0.851. The van der Waals surface area contributed by atoms with E-state index in [-0.39, 0.29) is 10.4 Å². The normalized spacial score (nSPS) is 19.3. The summed E-state index contributed by atoms with van der Waals surface area (Å²) in [5.41, 5.74) is 3.40. The second-order valence-electron chi connectivity index (χ2n) is 7.74. The number of nitrogens with one attached hydrogen (secondary N) is 2. The second-order valence-corrected chi connectivity index (χ2v) is 9.68. The predicted molar refractivity (Wildman–Crippen MR) is 110 cm³/mol. The van der Waals surface area contributed by atoms with E-state index in [9.17, 15) is 8.42 Å². The number of hydrogen-bond acceptors (Lipinski definition) is 5. The SMILES string of the molecule is COc1ccc2[nH]c3c(c2c1)CCNC31CCN(S(=O)(=O)c2cccnc2)CC1. The van der Waals surface area contributed by atoms with Crippen molar-refractivity contribution in [2.45, 2.75) is 29.7 Å². The molecular weight excluding hydrogens is 388 g/mol. The summed E-state index contributed by atoms with van der Waals surface area (Å²) >= 11 is 0. The Bertz CT molecular complexity index is 1150. The van der Waals surface area contributed by atoms with Gasteiger partial charge in [0.25, 0.3) is 0 Å². The van der Waals surface area contributed by atoms with Gasteiger partial charge in [0, 0.05) is 48.6 Å². The van der Waals surface area contributed by atoms with E-state index in [0.29, 0.717) is 13.1 Å². The zero-order valence-electron chi connectivity index (χ0n) is 16.3. The van der Waals surface area contributed by atoms with E-state index < -0.39 is 10.0 Å². The Labute approximate surface area is 170 Å². The molecule has 5 rings (SSSR count). The standard InChI is InChI=1S/C21H24N4O3S/c1-28-15-4-5-19-18(13-15)17-6-10-23-21(20(17)24-19)7-11-25(12-8-21)29(26,27)16-3-2-9-22-14-16/h2-5,9,13-14,23-24H,6-8,10-12H2,1H3. The van der Waals surface area contributed by atoms with Crippen molar-refractivity contribution in [1.29, 1.82) is 0 Å². The first-order valence-electron chi connectivity index (χ1n) is 9.88. The Hall–Kier alpha value is -2.42. The highest BCUT2D eigenvalue weighted by Gasteiger charge is 2.43. The lowest BCUT2D eigenvalue weighted by Gasteiger charge is -2.44. The number of piperidine rings is 1. The van der Waals surface area contributed by atoms with Gasteiger partial charge in [-0.1, -0.05) is 0 Å². The van der Waals surface area contributed by atoms with Crippen LogP contribution in [0.2, 0.25) is 0 Å². The quantitative estimate of drug-likeness (QED) is 0.690. The van der Waals surface area contributed by atoms with Crippen LogP contribution in [0.4, 0.5) is 0 Å². The Kier molecular flexibility index (Phi) is 4.38. The van der Waals surface area contributed by atoms with Crippen molar-refractivity contribution in [2.75, 3.05) is 26.7 Å². The molecule has 0 unspecified atom stereocenters. The van der Waals surface area contributed by atoms with Gasteiger partial charge in [0.15, 0.2) is 0 Å². The maximum atomic E-state index is 13.0. The summed E-state index contributed by atoms with van der Waals surface area (Å²) in [7, 11) is -1.83. The number of aromatic nitrogens is 2. The highest BCUT2D eigenvalue weighted by atomic mass is 32.2. The molecule has 0 aliphatic carbocycles. The Morgan fingerprint density at radius 1 is 1.21 bits per heavy atom. The zero-order valence-corrected chi connectivity index (χ0v) is 17.1. The molecule has 1 aromatic carbocycles. The van der Waals surface area contributed by atoms with Crippen molar-refractivity contribution in [3.63, 3.8) is 0 Å². The van der Waals surface area contributed by atoms with Crippen LogP contribution in [0.5, 0.6) is 5.75 Å². The molecular formula is C21H24N4O3S. The molecule has 1 fully saturated rings. The fourth-order valence-corrected chi connectivity index (χ4v) is 6.13. The molecule has 2 aromatic heterocycles. The van der Waals surface area contributed by atoms with Crippen LogP contribution in [0.15, 0.2) is 47.6 Å². The van der Waals surface area contributed by atoms with Crippen LogP contribution in [-0.2, 0) is 22.0 Å². The predicted octanol–water partition coefficient (Wildman–Crippen LogP) is 2.40. The van der Waals surface area contributed by atoms with Gasteiger partial charge >= 0.3 is 0 Å². The fourth-order valence-electron chi connectivity index (χ4n) is 4.72. The van der Waals surface area contributed by atoms with Crippen LogP contribution >= 0.6 is 0 Å². The highest BCUT2D eigenvalue weighted by Crippen LogP contribution is 2.41. The van der Waals surface area contributed by atoms with E-state index in [2.05, 4.69) is 27.4 Å². The Morgan fingerprint density at radius 2 is 2.03 bits per heavy atom. The number of aromatic amines is 1. The summed E-state index contributed by atoms with van der Waals surface area (Å²) in [6.07, 6.45) is 5.40. The molecule has 0 saturated carbocycles. The van der Waals surface area contributed by atoms with Gasteiger partial charge in [-0.15, -0.1) is 0 Å². The molecule has 0 radical (unpaired) electrons. The maximum absolute atomic E-state index is 13.0. The number of pyridine rings is 1. The number of ether oxygens (including phenoxy) is 1. The topological polar surface area (TPSA) is 87.3 Å². The number of methoxy groups -OCH3 is 1. The molecule has 0 atom stereocenters. The molecule has 4 heterocycles. The van der Waals surface area contributed by atoms with Gasteiger partial charge < -0.3 is 15.0 Å². The number of sulfonamides is 1. The van der Waals surface area contributed by atoms with Crippen LogP contribution < -0.4 is 10.1 Å². The lowest BCUT2D eigenvalue weighted by Crippen LogP contribution is -2.55. The fraction of sp³-hybridized carbons (Fsp3) is 0.381. The number of hydrogen-bond donors (Lipinski definition) is 2. The van der Waals surface area contributed by atoms with Crippen molar-refractivity contribution in [3.05, 3.63) is 54.0 Å². The van der Waals surface area contributed by atoms with Crippen molar-refractivity contribution < 1.29 is 13.2 Å². The summed E-state index contributed by atoms with van der Waals surface area (Å²) in [6, 6.07) is 9.38. The molecule has 2 N–H and O–H groups in total. The van der Waals surface area contributed by atoms with Gasteiger partial charge in [-0.3, -0.25) is 4.98 Å². The van der Waals surface area contributed by atoms with E-state index in [1.165, 1.54) is 22.8 Å². The van der Waals surface area contributed by atoms with E-state index in [1.807, 2.05) is 6.07 Å². The number of rotatable bonds is 3. The van der Waals surface area contributed by atoms with Gasteiger partial charge in [0.2, 0.25) is 10.0 Å². The molecule has 29 heavy (non-hydrogen) atoms. The van der Waals surface area contributed by atoms with Crippen LogP contribution in [0.3, 0.4) is 0 Å². The third-order valence-corrected chi connectivity index (χ3v) is 8.16. The first kappa shape index (κ1) is 18.6. The smallest absolute Gasteiger partial charge is 0.244 e. The number of fused-ring (bicyclic) bond motifs is 4. The highest BCUT2D eigenvalue weighted by molar-refractivity contribution is 7.89. The molecule has 0 amide bonds. The molecule has 3 aromatic rings. The molecule has 2 aliphatic heterocycles. The van der Waals surface area contributed by atoms with Crippen molar-refractivity contribution in [3.8, 4) is 5.75 Å². The van der Waals surface area contributed by atoms with Crippen molar-refractivity contribution in [2.24, 2.45) is 0 Å². The number of H-pyrrole nitrogens is 1. The minimum absolute atomic E-state index is 0.221. The van der Waals surface area contributed by atoms with Gasteiger partial charge in [0.05, 0.1) is 12.6 Å². The van der Waals surface area contributed by atoms with Gasteiger partial charge in [-0.25, -0.2) is 8.42 Å². The average Bonchev–Trinajstić information content (AvgIpc) is 3.14. The average molecular weight is 413 g/mol. The lowest BCUT2D eigenvalue weighted by atomic mass is 9.80. The van der Waals surface area contributed by atoms with Gasteiger partial charge in [0.1, 0.15) is 10.6 Å². The van der Waals surface area contributed by atoms with Crippen LogP contribution in [0, 0.1) is 0 Å². The maximum Gasteiger partial charge on any atom is 0.244 e. The molecule has 0 bridgehead atoms. The summed E-state index contributed by atoms with van der Waals surface area (Å²) in [5, 5.41) is 4.90. The third kappa shape index (κ3) is 2.94. The molecule has 2 aliphatic rings.